The maximum absolute atomic E-state index is 12.7. The van der Waals surface area contributed by atoms with Crippen molar-refractivity contribution < 1.29 is 20.4 Å². The molecule has 162 valence electrons. The summed E-state index contributed by atoms with van der Waals surface area (Å²) in [5.41, 5.74) is 0. The van der Waals surface area contributed by atoms with E-state index in [-0.39, 0.29) is 12.4 Å². The molecule has 2 N–H and O–H groups in total. The maximum Gasteiger partial charge on any atom is 0.323 e. The molecule has 0 unspecified atom stereocenters. The summed E-state index contributed by atoms with van der Waals surface area (Å²) in [5, 5.41) is 17.2. The van der Waals surface area contributed by atoms with Gasteiger partial charge in [0, 0.05) is 12.8 Å². The van der Waals surface area contributed by atoms with E-state index < -0.39 is 18.1 Å². The molecule has 1 aromatic rings. The lowest BCUT2D eigenvalue weighted by Crippen LogP contribution is -2.50. The van der Waals surface area contributed by atoms with Gasteiger partial charge < -0.3 is 14.8 Å². The highest BCUT2D eigenvalue weighted by molar-refractivity contribution is 5.76. The van der Waals surface area contributed by atoms with Gasteiger partial charge in [0.2, 0.25) is 0 Å². The minimum atomic E-state index is -1.42. The predicted octanol–water partition coefficient (Wildman–Crippen LogP) is 1.80. The zero-order valence-corrected chi connectivity index (χ0v) is 17.4. The average Bonchev–Trinajstić information content (AvgIpc) is 3.24. The van der Waals surface area contributed by atoms with Crippen LogP contribution in [0.15, 0.2) is 0 Å². The molecule has 1 aromatic heterocycles. The summed E-state index contributed by atoms with van der Waals surface area (Å²) >= 11 is 0. The SMILES string of the molecule is [2H][C@@]1(C(=O)O[C@H](C)CCC(=O)OCC)C[C@H]2C[C@@H](CCc3nn[nH]n3)CC[C@H]2CN1. The van der Waals surface area contributed by atoms with Crippen molar-refractivity contribution in [3.8, 4) is 0 Å². The Labute approximate surface area is 173 Å². The number of H-pyrrole nitrogens is 1. The summed E-state index contributed by atoms with van der Waals surface area (Å²) in [6, 6.07) is -1.42. The van der Waals surface area contributed by atoms with Gasteiger partial charge in [-0.25, -0.2) is 0 Å². The second kappa shape index (κ2) is 10.7. The summed E-state index contributed by atoms with van der Waals surface area (Å²) in [7, 11) is 0. The van der Waals surface area contributed by atoms with Gasteiger partial charge in [-0.1, -0.05) is 11.6 Å². The quantitative estimate of drug-likeness (QED) is 0.594. The summed E-state index contributed by atoms with van der Waals surface area (Å²) in [6.45, 7) is 4.51. The van der Waals surface area contributed by atoms with Crippen molar-refractivity contribution in [2.24, 2.45) is 17.8 Å². The molecule has 0 spiro atoms. The van der Waals surface area contributed by atoms with Crippen LogP contribution in [0.3, 0.4) is 0 Å². The molecule has 5 atom stereocenters. The van der Waals surface area contributed by atoms with E-state index >= 15 is 0 Å². The topological polar surface area (TPSA) is 119 Å². The third kappa shape index (κ3) is 6.48. The van der Waals surface area contributed by atoms with Crippen molar-refractivity contribution in [2.75, 3.05) is 13.2 Å². The number of rotatable bonds is 9. The highest BCUT2D eigenvalue weighted by atomic mass is 16.5. The first-order valence-corrected chi connectivity index (χ1v) is 10.7. The van der Waals surface area contributed by atoms with Crippen LogP contribution in [-0.2, 0) is 25.5 Å². The molecule has 0 bridgehead atoms. The normalized spacial score (nSPS) is 30.7. The van der Waals surface area contributed by atoms with Crippen molar-refractivity contribution in [3.05, 3.63) is 5.82 Å². The summed E-state index contributed by atoms with van der Waals surface area (Å²) < 4.78 is 19.1. The van der Waals surface area contributed by atoms with Crippen LogP contribution in [0.2, 0.25) is 0 Å². The highest BCUT2D eigenvalue weighted by Crippen LogP contribution is 2.40. The van der Waals surface area contributed by atoms with Gasteiger partial charge in [-0.3, -0.25) is 9.59 Å². The number of hydrogen-bond donors (Lipinski definition) is 2. The van der Waals surface area contributed by atoms with E-state index in [0.717, 1.165) is 37.9 Å². The van der Waals surface area contributed by atoms with Gasteiger partial charge in [-0.05, 0) is 70.3 Å². The van der Waals surface area contributed by atoms with E-state index in [1.807, 2.05) is 0 Å². The number of nitrogens with zero attached hydrogens (tertiary/aromatic N) is 3. The first-order valence-electron chi connectivity index (χ1n) is 11.2. The lowest BCUT2D eigenvalue weighted by Gasteiger charge is -2.42. The molecule has 0 aromatic carbocycles. The molecule has 1 saturated carbocycles. The van der Waals surface area contributed by atoms with E-state index in [9.17, 15) is 9.59 Å². The number of nitrogens with one attached hydrogen (secondary N) is 2. The van der Waals surface area contributed by atoms with Gasteiger partial charge in [-0.15, -0.1) is 10.2 Å². The van der Waals surface area contributed by atoms with Crippen molar-refractivity contribution in [1.82, 2.24) is 25.9 Å². The predicted molar refractivity (Wildman–Crippen MR) is 105 cm³/mol. The number of piperidine rings is 1. The lowest BCUT2D eigenvalue weighted by molar-refractivity contribution is -0.155. The van der Waals surface area contributed by atoms with Crippen molar-refractivity contribution in [2.45, 2.75) is 77.3 Å². The Kier molecular flexibility index (Phi) is 7.45. The van der Waals surface area contributed by atoms with Crippen LogP contribution in [0, 0.1) is 17.8 Å². The largest absolute Gasteiger partial charge is 0.466 e. The third-order valence-corrected chi connectivity index (χ3v) is 6.07. The Hall–Kier alpha value is -2.03. The third-order valence-electron chi connectivity index (χ3n) is 6.07. The smallest absolute Gasteiger partial charge is 0.323 e. The lowest BCUT2D eigenvalue weighted by atomic mass is 9.69. The van der Waals surface area contributed by atoms with Gasteiger partial charge in [0.1, 0.15) is 6.02 Å². The number of carbonyl (C=O) groups is 2. The van der Waals surface area contributed by atoms with Gasteiger partial charge in [0.25, 0.3) is 0 Å². The Bertz CT molecular complexity index is 703. The molecule has 9 nitrogen and oxygen atoms in total. The van der Waals surface area contributed by atoms with Crippen LogP contribution in [0.1, 0.15) is 66.0 Å². The Morgan fingerprint density at radius 3 is 2.93 bits per heavy atom. The second-order valence-electron chi connectivity index (χ2n) is 8.19. The van der Waals surface area contributed by atoms with Crippen LogP contribution in [0.25, 0.3) is 0 Å². The number of aryl methyl sites for hydroxylation is 1. The van der Waals surface area contributed by atoms with E-state index in [0.29, 0.717) is 43.7 Å². The van der Waals surface area contributed by atoms with Crippen LogP contribution < -0.4 is 5.32 Å². The molecular weight excluding hydrogens is 374 g/mol. The Balaban J connectivity index is 1.47. The number of ether oxygens (including phenoxy) is 2. The minimum Gasteiger partial charge on any atom is -0.466 e. The molecule has 29 heavy (non-hydrogen) atoms. The zero-order valence-electron chi connectivity index (χ0n) is 18.4. The number of carbonyl (C=O) groups excluding carboxylic acids is 2. The first-order chi connectivity index (χ1) is 14.4. The molecule has 1 aliphatic carbocycles. The standard InChI is InChI=1S/C20H33N5O4/c1-3-28-19(26)9-4-13(2)29-20(27)17-11-16-10-14(5-7-15(16)12-21-17)6-8-18-22-24-25-23-18/h13-17,21H,3-12H2,1-2H3,(H,22,23,24,25)/t13-,14-,15+,16-,17+/m1/s1/i17D. The number of fused-ring (bicyclic) bond motifs is 1. The highest BCUT2D eigenvalue weighted by Gasteiger charge is 2.38. The fourth-order valence-electron chi connectivity index (χ4n) is 4.44. The molecule has 1 aliphatic heterocycles. The zero-order chi connectivity index (χ0) is 21.6. The molecule has 0 amide bonds. The number of aromatic amines is 1. The molecule has 2 heterocycles. The fraction of sp³-hybridized carbons (Fsp3) is 0.850. The van der Waals surface area contributed by atoms with Crippen LogP contribution in [0.4, 0.5) is 0 Å². The minimum absolute atomic E-state index is 0.202. The van der Waals surface area contributed by atoms with Crippen molar-refractivity contribution in [1.29, 1.82) is 0 Å². The molecular formula is C20H33N5O4. The number of aromatic nitrogens is 4. The molecule has 9 heteroatoms. The first kappa shape index (κ1) is 20.3. The number of esters is 2. The van der Waals surface area contributed by atoms with Gasteiger partial charge >= 0.3 is 11.9 Å². The van der Waals surface area contributed by atoms with Crippen LogP contribution in [0.5, 0.6) is 0 Å². The van der Waals surface area contributed by atoms with Crippen molar-refractivity contribution >= 4 is 11.9 Å². The Morgan fingerprint density at radius 1 is 1.31 bits per heavy atom. The second-order valence-corrected chi connectivity index (χ2v) is 8.19. The van der Waals surface area contributed by atoms with Gasteiger partial charge in [0.05, 0.1) is 14.1 Å². The Morgan fingerprint density at radius 2 is 2.17 bits per heavy atom. The van der Waals surface area contributed by atoms with Gasteiger partial charge in [0.15, 0.2) is 5.82 Å². The summed E-state index contributed by atoms with van der Waals surface area (Å²) in [4.78, 5) is 24.2. The van der Waals surface area contributed by atoms with Crippen molar-refractivity contribution in [3.63, 3.8) is 0 Å². The molecule has 0 radical (unpaired) electrons. The van der Waals surface area contributed by atoms with E-state index in [1.165, 1.54) is 0 Å². The number of hydrogen-bond acceptors (Lipinski definition) is 8. The molecule has 1 saturated heterocycles. The van der Waals surface area contributed by atoms with E-state index in [4.69, 9.17) is 10.8 Å². The molecule has 2 fully saturated rings. The summed E-state index contributed by atoms with van der Waals surface area (Å²) in [5.74, 6) is 1.26. The van der Waals surface area contributed by atoms with Gasteiger partial charge in [-0.2, -0.15) is 5.21 Å². The monoisotopic (exact) mass is 408 g/mol. The summed E-state index contributed by atoms with van der Waals surface area (Å²) in [6.07, 6.45) is 5.68. The van der Waals surface area contributed by atoms with Crippen LogP contribution in [-0.4, -0.2) is 57.8 Å². The number of tetrazole rings is 1. The molecule has 2 aliphatic rings. The van der Waals surface area contributed by atoms with E-state index in [2.05, 4.69) is 25.9 Å². The fourth-order valence-corrected chi connectivity index (χ4v) is 4.44. The van der Waals surface area contributed by atoms with E-state index in [1.54, 1.807) is 13.8 Å². The van der Waals surface area contributed by atoms with Crippen LogP contribution >= 0.6 is 0 Å². The maximum atomic E-state index is 12.7. The average molecular weight is 409 g/mol. The molecule has 3 rings (SSSR count).